The number of hydrogen-bond donors (Lipinski definition) is 1. The van der Waals surface area contributed by atoms with E-state index in [0.29, 0.717) is 13.2 Å². The Morgan fingerprint density at radius 3 is 2.68 bits per heavy atom. The molecule has 0 saturated heterocycles. The van der Waals surface area contributed by atoms with Crippen LogP contribution in [0.5, 0.6) is 5.75 Å². The number of benzene rings is 2. The summed E-state index contributed by atoms with van der Waals surface area (Å²) < 4.78 is 19.1. The van der Waals surface area contributed by atoms with Crippen LogP contribution < -0.4 is 10.1 Å². The summed E-state index contributed by atoms with van der Waals surface area (Å²) in [6, 6.07) is 11.7. The van der Waals surface area contributed by atoms with E-state index < -0.39 is 5.82 Å². The van der Waals surface area contributed by atoms with Crippen molar-refractivity contribution in [1.29, 1.82) is 0 Å². The molecule has 0 aliphatic rings. The quantitative estimate of drug-likeness (QED) is 0.718. The number of nitrogens with one attached hydrogen (secondary N) is 1. The number of anilines is 1. The first-order valence-corrected chi connectivity index (χ1v) is 8.12. The lowest BCUT2D eigenvalue weighted by Crippen LogP contribution is -2.30. The lowest BCUT2D eigenvalue weighted by atomic mass is 10.2. The predicted molar refractivity (Wildman–Crippen MR) is 98.5 cm³/mol. The van der Waals surface area contributed by atoms with Gasteiger partial charge in [-0.1, -0.05) is 36.4 Å². The summed E-state index contributed by atoms with van der Waals surface area (Å²) in [6.07, 6.45) is 1.68. The molecule has 0 heterocycles. The maximum absolute atomic E-state index is 13.7. The average Bonchev–Trinajstić information content (AvgIpc) is 2.56. The van der Waals surface area contributed by atoms with E-state index in [1.54, 1.807) is 6.08 Å². The number of nitrogens with zero attached hydrogens (tertiary/aromatic N) is 1. The van der Waals surface area contributed by atoms with E-state index in [2.05, 4.69) is 11.9 Å². The lowest BCUT2D eigenvalue weighted by Gasteiger charge is -2.17. The monoisotopic (exact) mass is 362 g/mol. The third-order valence-corrected chi connectivity index (χ3v) is 3.60. The zero-order chi connectivity index (χ0) is 18.2. The molecule has 2 aromatic rings. The molecule has 0 unspecified atom stereocenters. The fraction of sp³-hybridized carbons (Fsp3) is 0.211. The van der Waals surface area contributed by atoms with Crippen molar-refractivity contribution < 1.29 is 13.9 Å². The van der Waals surface area contributed by atoms with E-state index in [1.807, 2.05) is 36.2 Å². The minimum atomic E-state index is -0.557. The molecule has 1 amide bonds. The second kappa shape index (κ2) is 9.20. The summed E-state index contributed by atoms with van der Waals surface area (Å²) in [5, 5.41) is 2.83. The van der Waals surface area contributed by atoms with E-state index in [-0.39, 0.29) is 23.2 Å². The van der Waals surface area contributed by atoms with Crippen LogP contribution in [-0.2, 0) is 11.3 Å². The van der Waals surface area contributed by atoms with E-state index >= 15 is 0 Å². The van der Waals surface area contributed by atoms with Gasteiger partial charge in [-0.05, 0) is 42.9 Å². The molecule has 0 saturated carbocycles. The van der Waals surface area contributed by atoms with E-state index in [1.165, 1.54) is 12.1 Å². The van der Waals surface area contributed by atoms with Crippen LogP contribution in [0.25, 0.3) is 0 Å². The van der Waals surface area contributed by atoms with Crippen molar-refractivity contribution in [3.8, 4) is 5.75 Å². The van der Waals surface area contributed by atoms with Gasteiger partial charge in [0.15, 0.2) is 0 Å². The second-order valence-corrected chi connectivity index (χ2v) is 6.02. The highest BCUT2D eigenvalue weighted by atomic mass is 35.5. The molecule has 132 valence electrons. The van der Waals surface area contributed by atoms with Gasteiger partial charge in [-0.25, -0.2) is 4.39 Å². The van der Waals surface area contributed by atoms with Crippen molar-refractivity contribution in [2.24, 2.45) is 0 Å². The minimum Gasteiger partial charge on any atom is -0.490 e. The number of ether oxygens (including phenoxy) is 1. The first kappa shape index (κ1) is 19.0. The number of likely N-dealkylation sites (N-methyl/N-ethyl adjacent to an activating group) is 1. The highest BCUT2D eigenvalue weighted by Crippen LogP contribution is 2.19. The molecule has 2 rings (SSSR count). The van der Waals surface area contributed by atoms with Gasteiger partial charge in [0, 0.05) is 11.6 Å². The molecule has 2 aromatic carbocycles. The molecule has 0 aromatic heterocycles. The minimum absolute atomic E-state index is 0.117. The van der Waals surface area contributed by atoms with Gasteiger partial charge in [0.25, 0.3) is 0 Å². The molecular formula is C19H20ClFN2O2. The highest BCUT2D eigenvalue weighted by Gasteiger charge is 2.10. The third-order valence-electron chi connectivity index (χ3n) is 3.36. The van der Waals surface area contributed by atoms with Crippen molar-refractivity contribution in [1.82, 2.24) is 4.90 Å². The predicted octanol–water partition coefficient (Wildman–Crippen LogP) is 4.11. The van der Waals surface area contributed by atoms with Crippen LogP contribution in [-0.4, -0.2) is 31.0 Å². The first-order valence-electron chi connectivity index (χ1n) is 7.74. The van der Waals surface area contributed by atoms with Crippen LogP contribution in [0.3, 0.4) is 0 Å². The summed E-state index contributed by atoms with van der Waals surface area (Å²) in [4.78, 5) is 13.9. The van der Waals surface area contributed by atoms with Crippen molar-refractivity contribution >= 4 is 23.2 Å². The van der Waals surface area contributed by atoms with Crippen LogP contribution in [0.15, 0.2) is 55.1 Å². The molecule has 0 spiro atoms. The van der Waals surface area contributed by atoms with Gasteiger partial charge in [0.2, 0.25) is 5.91 Å². The third kappa shape index (κ3) is 6.21. The maximum atomic E-state index is 13.7. The summed E-state index contributed by atoms with van der Waals surface area (Å²) in [5.41, 5.74) is 1.16. The van der Waals surface area contributed by atoms with Gasteiger partial charge in [-0.2, -0.15) is 0 Å². The van der Waals surface area contributed by atoms with Gasteiger partial charge < -0.3 is 10.1 Å². The standard InChI is InChI=1S/C19H20ClFN2O2/c1-3-10-25-16-7-4-14(5-8-16)12-23(2)13-19(24)22-18-9-6-15(20)11-17(18)21/h3-9,11H,1,10,12-13H2,2H3,(H,22,24). The van der Waals surface area contributed by atoms with Crippen LogP contribution >= 0.6 is 11.6 Å². The molecule has 0 aliphatic heterocycles. The Bertz CT molecular complexity index is 735. The highest BCUT2D eigenvalue weighted by molar-refractivity contribution is 6.30. The normalized spacial score (nSPS) is 10.6. The molecule has 6 heteroatoms. The summed E-state index contributed by atoms with van der Waals surface area (Å²) >= 11 is 5.69. The van der Waals surface area contributed by atoms with E-state index in [9.17, 15) is 9.18 Å². The SMILES string of the molecule is C=CCOc1ccc(CN(C)CC(=O)Nc2ccc(Cl)cc2F)cc1. The van der Waals surface area contributed by atoms with Crippen LogP contribution in [0, 0.1) is 5.82 Å². The smallest absolute Gasteiger partial charge is 0.238 e. The van der Waals surface area contributed by atoms with Gasteiger partial charge >= 0.3 is 0 Å². The van der Waals surface area contributed by atoms with Crippen molar-refractivity contribution in [3.05, 3.63) is 71.5 Å². The van der Waals surface area contributed by atoms with E-state index in [0.717, 1.165) is 17.4 Å². The van der Waals surface area contributed by atoms with Crippen molar-refractivity contribution in [2.45, 2.75) is 6.54 Å². The Kier molecular flexibility index (Phi) is 6.98. The number of carbonyl (C=O) groups is 1. The largest absolute Gasteiger partial charge is 0.490 e. The molecular weight excluding hydrogens is 343 g/mol. The molecule has 0 fully saturated rings. The number of amides is 1. The van der Waals surface area contributed by atoms with Crippen molar-refractivity contribution in [2.75, 3.05) is 25.5 Å². The van der Waals surface area contributed by atoms with Gasteiger partial charge in [-0.3, -0.25) is 9.69 Å². The average molecular weight is 363 g/mol. The Labute approximate surface area is 151 Å². The summed E-state index contributed by atoms with van der Waals surface area (Å²) in [6.45, 7) is 4.78. The lowest BCUT2D eigenvalue weighted by molar-refractivity contribution is -0.117. The topological polar surface area (TPSA) is 41.6 Å². The Morgan fingerprint density at radius 1 is 1.32 bits per heavy atom. The first-order chi connectivity index (χ1) is 12.0. The van der Waals surface area contributed by atoms with Gasteiger partial charge in [0.05, 0.1) is 12.2 Å². The molecule has 0 radical (unpaired) electrons. The molecule has 0 aliphatic carbocycles. The number of halogens is 2. The fourth-order valence-corrected chi connectivity index (χ4v) is 2.40. The second-order valence-electron chi connectivity index (χ2n) is 5.59. The fourth-order valence-electron chi connectivity index (χ4n) is 2.24. The van der Waals surface area contributed by atoms with Crippen LogP contribution in [0.4, 0.5) is 10.1 Å². The number of rotatable bonds is 8. The molecule has 0 atom stereocenters. The van der Waals surface area contributed by atoms with Gasteiger partial charge in [0.1, 0.15) is 18.2 Å². The Balaban J connectivity index is 1.85. The van der Waals surface area contributed by atoms with E-state index in [4.69, 9.17) is 16.3 Å². The zero-order valence-electron chi connectivity index (χ0n) is 14.0. The molecule has 0 bridgehead atoms. The molecule has 25 heavy (non-hydrogen) atoms. The zero-order valence-corrected chi connectivity index (χ0v) is 14.7. The van der Waals surface area contributed by atoms with Crippen molar-refractivity contribution in [3.63, 3.8) is 0 Å². The van der Waals surface area contributed by atoms with Crippen LogP contribution in [0.2, 0.25) is 5.02 Å². The summed E-state index contributed by atoms with van der Waals surface area (Å²) in [7, 11) is 1.82. The summed E-state index contributed by atoms with van der Waals surface area (Å²) in [5.74, 6) is -0.0875. The Morgan fingerprint density at radius 2 is 2.04 bits per heavy atom. The van der Waals surface area contributed by atoms with Gasteiger partial charge in [-0.15, -0.1) is 0 Å². The number of hydrogen-bond acceptors (Lipinski definition) is 3. The molecule has 1 N–H and O–H groups in total. The molecule has 4 nitrogen and oxygen atoms in total. The van der Waals surface area contributed by atoms with Crippen LogP contribution in [0.1, 0.15) is 5.56 Å². The maximum Gasteiger partial charge on any atom is 0.238 e. The number of carbonyl (C=O) groups excluding carboxylic acids is 1. The Hall–Kier alpha value is -2.37.